The zero-order chi connectivity index (χ0) is 17.9. The van der Waals surface area contributed by atoms with E-state index >= 15 is 0 Å². The molecule has 0 spiro atoms. The molecule has 1 aliphatic carbocycles. The van der Waals surface area contributed by atoms with Gasteiger partial charge in [0.2, 0.25) is 11.8 Å². The van der Waals surface area contributed by atoms with E-state index in [1.807, 2.05) is 28.0 Å². The largest absolute Gasteiger partial charge is 0.339 e. The van der Waals surface area contributed by atoms with Crippen LogP contribution in [0, 0.1) is 5.92 Å². The lowest BCUT2D eigenvalue weighted by atomic mass is 10.2. The lowest BCUT2D eigenvalue weighted by molar-refractivity contribution is -0.132. The molecule has 1 N–H and O–H groups in total. The maximum Gasteiger partial charge on any atom is 0.241 e. The van der Waals surface area contributed by atoms with E-state index in [0.717, 1.165) is 44.2 Å². The Morgan fingerprint density at radius 3 is 2.39 bits per heavy atom. The normalized spacial score (nSPS) is 18.9. The Morgan fingerprint density at radius 2 is 1.68 bits per heavy atom. The summed E-state index contributed by atoms with van der Waals surface area (Å²) in [6.07, 6.45) is 3.54. The number of carbonyl (C=O) groups excluding carboxylic acids is 2. The molecule has 156 valence electrons. The van der Waals surface area contributed by atoms with E-state index in [-0.39, 0.29) is 36.6 Å². The summed E-state index contributed by atoms with van der Waals surface area (Å²) in [5.74, 6) is 1.15. The maximum absolute atomic E-state index is 12.7. The first-order chi connectivity index (χ1) is 12.7. The van der Waals surface area contributed by atoms with Crippen molar-refractivity contribution in [2.75, 3.05) is 57.3 Å². The SMILES string of the molecule is Cl.Cl.O=C(CNCC1CC1)N1CCN(CC(=O)N2CCc3ccccc32)CC1. The number of para-hydroxylation sites is 1. The zero-order valence-electron chi connectivity index (χ0n) is 16.1. The number of carbonyl (C=O) groups is 2. The summed E-state index contributed by atoms with van der Waals surface area (Å²) >= 11 is 0. The van der Waals surface area contributed by atoms with Gasteiger partial charge in [0.25, 0.3) is 0 Å². The predicted octanol–water partition coefficient (Wildman–Crippen LogP) is 1.56. The van der Waals surface area contributed by atoms with Crippen molar-refractivity contribution in [1.29, 1.82) is 0 Å². The number of nitrogens with zero attached hydrogens (tertiary/aromatic N) is 3. The number of piperazine rings is 1. The predicted molar refractivity (Wildman–Crippen MR) is 116 cm³/mol. The van der Waals surface area contributed by atoms with Gasteiger partial charge in [0.05, 0.1) is 13.1 Å². The molecule has 0 aromatic heterocycles. The molecule has 0 bridgehead atoms. The number of benzene rings is 1. The molecule has 28 heavy (non-hydrogen) atoms. The average molecular weight is 429 g/mol. The average Bonchev–Trinajstić information content (AvgIpc) is 3.38. The molecule has 1 aromatic carbocycles. The molecular weight excluding hydrogens is 399 g/mol. The van der Waals surface area contributed by atoms with Gasteiger partial charge in [0, 0.05) is 38.4 Å². The van der Waals surface area contributed by atoms with Crippen LogP contribution in [-0.2, 0) is 16.0 Å². The van der Waals surface area contributed by atoms with Crippen molar-refractivity contribution in [2.24, 2.45) is 5.92 Å². The fourth-order valence-electron chi connectivity index (χ4n) is 3.85. The summed E-state index contributed by atoms with van der Waals surface area (Å²) in [5.41, 5.74) is 2.32. The number of anilines is 1. The Kier molecular flexibility index (Phi) is 8.56. The summed E-state index contributed by atoms with van der Waals surface area (Å²) in [7, 11) is 0. The molecule has 2 aliphatic heterocycles. The van der Waals surface area contributed by atoms with Crippen LogP contribution in [0.5, 0.6) is 0 Å². The van der Waals surface area contributed by atoms with Crippen LogP contribution in [-0.4, -0.2) is 74.0 Å². The van der Waals surface area contributed by atoms with Crippen LogP contribution in [0.4, 0.5) is 5.69 Å². The van der Waals surface area contributed by atoms with Gasteiger partial charge >= 0.3 is 0 Å². The van der Waals surface area contributed by atoms with Crippen molar-refractivity contribution in [3.8, 4) is 0 Å². The second-order valence-corrected chi connectivity index (χ2v) is 7.66. The van der Waals surface area contributed by atoms with E-state index in [9.17, 15) is 9.59 Å². The third kappa shape index (κ3) is 5.60. The molecule has 1 saturated carbocycles. The Morgan fingerprint density at radius 1 is 0.964 bits per heavy atom. The Balaban J connectivity index is 0.00000140. The summed E-state index contributed by atoms with van der Waals surface area (Å²) in [6.45, 7) is 5.61. The first kappa shape index (κ1) is 22.9. The van der Waals surface area contributed by atoms with Gasteiger partial charge in [-0.15, -0.1) is 24.8 Å². The van der Waals surface area contributed by atoms with Gasteiger partial charge in [-0.1, -0.05) is 18.2 Å². The van der Waals surface area contributed by atoms with Crippen LogP contribution in [0.25, 0.3) is 0 Å². The molecule has 0 atom stereocenters. The lowest BCUT2D eigenvalue weighted by Gasteiger charge is -2.35. The summed E-state index contributed by atoms with van der Waals surface area (Å²) in [5, 5.41) is 3.27. The van der Waals surface area contributed by atoms with Crippen molar-refractivity contribution in [3.63, 3.8) is 0 Å². The van der Waals surface area contributed by atoms with Crippen molar-refractivity contribution in [1.82, 2.24) is 15.1 Å². The topological polar surface area (TPSA) is 55.9 Å². The van der Waals surface area contributed by atoms with Crippen molar-refractivity contribution >= 4 is 42.3 Å². The van der Waals surface area contributed by atoms with Gasteiger partial charge in [-0.2, -0.15) is 0 Å². The van der Waals surface area contributed by atoms with Crippen molar-refractivity contribution in [2.45, 2.75) is 19.3 Å². The number of nitrogens with one attached hydrogen (secondary N) is 1. The molecule has 1 aromatic rings. The first-order valence-corrected chi connectivity index (χ1v) is 9.80. The Hall–Kier alpha value is -1.34. The third-order valence-electron chi connectivity index (χ3n) is 5.68. The first-order valence-electron chi connectivity index (χ1n) is 9.80. The van der Waals surface area contributed by atoms with Crippen LogP contribution in [0.2, 0.25) is 0 Å². The monoisotopic (exact) mass is 428 g/mol. The molecule has 1 saturated heterocycles. The van der Waals surface area contributed by atoms with Crippen LogP contribution in [0.3, 0.4) is 0 Å². The van der Waals surface area contributed by atoms with E-state index in [1.165, 1.54) is 18.4 Å². The van der Waals surface area contributed by atoms with Crippen molar-refractivity contribution in [3.05, 3.63) is 29.8 Å². The maximum atomic E-state index is 12.7. The highest BCUT2D eigenvalue weighted by Gasteiger charge is 2.28. The number of halogens is 2. The van der Waals surface area contributed by atoms with Crippen LogP contribution in [0.1, 0.15) is 18.4 Å². The number of hydrogen-bond donors (Lipinski definition) is 1. The molecule has 0 radical (unpaired) electrons. The minimum atomic E-state index is 0. The fraction of sp³-hybridized carbons (Fsp3) is 0.600. The summed E-state index contributed by atoms with van der Waals surface area (Å²) in [6, 6.07) is 8.16. The second-order valence-electron chi connectivity index (χ2n) is 7.66. The van der Waals surface area contributed by atoms with Gasteiger partial charge in [-0.05, 0) is 43.4 Å². The molecule has 8 heteroatoms. The van der Waals surface area contributed by atoms with Crippen LogP contribution in [0.15, 0.2) is 24.3 Å². The van der Waals surface area contributed by atoms with Gasteiger partial charge in [0.15, 0.2) is 0 Å². The highest BCUT2D eigenvalue weighted by Crippen LogP contribution is 2.28. The van der Waals surface area contributed by atoms with Gasteiger partial charge in [-0.3, -0.25) is 14.5 Å². The number of rotatable bonds is 6. The molecule has 0 unspecified atom stereocenters. The quantitative estimate of drug-likeness (QED) is 0.746. The minimum Gasteiger partial charge on any atom is -0.339 e. The molecule has 2 amide bonds. The number of hydrogen-bond acceptors (Lipinski definition) is 4. The smallest absolute Gasteiger partial charge is 0.241 e. The summed E-state index contributed by atoms with van der Waals surface area (Å²) < 4.78 is 0. The molecular formula is C20H30Cl2N4O2. The molecule has 4 rings (SSSR count). The second kappa shape index (κ2) is 10.4. The van der Waals surface area contributed by atoms with Gasteiger partial charge in [0.1, 0.15) is 0 Å². The van der Waals surface area contributed by atoms with Crippen LogP contribution >= 0.6 is 24.8 Å². The molecule has 2 fully saturated rings. The van der Waals surface area contributed by atoms with E-state index in [4.69, 9.17) is 0 Å². The highest BCUT2D eigenvalue weighted by molar-refractivity contribution is 5.96. The highest BCUT2D eigenvalue weighted by atomic mass is 35.5. The number of fused-ring (bicyclic) bond motifs is 1. The standard InChI is InChI=1S/C20H28N4O2.2ClH/c25-19(14-21-13-16-5-6-16)23-11-9-22(10-12-23)15-20(26)24-8-7-17-3-1-2-4-18(17)24;;/h1-4,16,21H,5-15H2;2*1H. The van der Waals surface area contributed by atoms with Gasteiger partial charge in [-0.25, -0.2) is 0 Å². The van der Waals surface area contributed by atoms with E-state index in [0.29, 0.717) is 26.2 Å². The minimum absolute atomic E-state index is 0. The summed E-state index contributed by atoms with van der Waals surface area (Å²) in [4.78, 5) is 30.9. The van der Waals surface area contributed by atoms with E-state index < -0.39 is 0 Å². The Labute approximate surface area is 179 Å². The zero-order valence-corrected chi connectivity index (χ0v) is 17.8. The van der Waals surface area contributed by atoms with Gasteiger partial charge < -0.3 is 15.1 Å². The number of amides is 2. The van der Waals surface area contributed by atoms with Crippen molar-refractivity contribution < 1.29 is 9.59 Å². The molecule has 3 aliphatic rings. The Bertz CT molecular complexity index is 676. The van der Waals surface area contributed by atoms with E-state index in [1.54, 1.807) is 0 Å². The molecule has 6 nitrogen and oxygen atoms in total. The molecule has 2 heterocycles. The van der Waals surface area contributed by atoms with E-state index in [2.05, 4.69) is 16.3 Å². The lowest BCUT2D eigenvalue weighted by Crippen LogP contribution is -2.53. The fourth-order valence-corrected chi connectivity index (χ4v) is 3.85. The third-order valence-corrected chi connectivity index (χ3v) is 5.68. The van der Waals surface area contributed by atoms with Crippen LogP contribution < -0.4 is 10.2 Å².